The van der Waals surface area contributed by atoms with Crippen molar-refractivity contribution >= 4 is 5.69 Å². The molecule has 2 aromatic rings. The lowest BCUT2D eigenvalue weighted by Crippen LogP contribution is -2.43. The van der Waals surface area contributed by atoms with Crippen molar-refractivity contribution < 1.29 is 10.0 Å². The minimum absolute atomic E-state index is 0.0592. The van der Waals surface area contributed by atoms with E-state index >= 15 is 0 Å². The molecule has 1 fully saturated rings. The number of aromatic amines is 1. The maximum atomic E-state index is 11.0. The molecule has 0 radical (unpaired) electrons. The number of nitro benzene ring substituents is 1. The predicted octanol–water partition coefficient (Wildman–Crippen LogP) is 3.03. The van der Waals surface area contributed by atoms with Crippen molar-refractivity contribution in [1.82, 2.24) is 14.9 Å². The fraction of sp³-hybridized carbons (Fsp3) is 0.500. The zero-order valence-corrected chi connectivity index (χ0v) is 14.6. The van der Waals surface area contributed by atoms with Crippen molar-refractivity contribution in [2.24, 2.45) is 0 Å². The van der Waals surface area contributed by atoms with Crippen LogP contribution in [0.5, 0.6) is 0 Å². The second-order valence-corrected chi connectivity index (χ2v) is 6.80. The zero-order chi connectivity index (χ0) is 18.0. The van der Waals surface area contributed by atoms with Crippen LogP contribution in [0.2, 0.25) is 0 Å². The van der Waals surface area contributed by atoms with Crippen LogP contribution in [0.3, 0.4) is 0 Å². The van der Waals surface area contributed by atoms with Crippen LogP contribution >= 0.6 is 0 Å². The van der Waals surface area contributed by atoms with E-state index in [0.29, 0.717) is 6.54 Å². The van der Waals surface area contributed by atoms with Crippen LogP contribution in [0.4, 0.5) is 5.69 Å². The largest absolute Gasteiger partial charge is 0.391 e. The number of rotatable bonds is 5. The van der Waals surface area contributed by atoms with E-state index in [2.05, 4.69) is 14.9 Å². The Morgan fingerprint density at radius 2 is 2.16 bits per heavy atom. The third-order valence-corrected chi connectivity index (χ3v) is 4.92. The molecular formula is C18H24N4O3. The average Bonchev–Trinajstić information content (AvgIpc) is 2.95. The first-order valence-electron chi connectivity index (χ1n) is 8.64. The molecule has 3 rings (SSSR count). The smallest absolute Gasteiger partial charge is 0.270 e. The summed E-state index contributed by atoms with van der Waals surface area (Å²) in [4.78, 5) is 20.6. The summed E-state index contributed by atoms with van der Waals surface area (Å²) in [6.07, 6.45) is 3.79. The maximum Gasteiger partial charge on any atom is 0.270 e. The number of nitrogens with one attached hydrogen (secondary N) is 1. The third-order valence-electron chi connectivity index (χ3n) is 4.92. The van der Waals surface area contributed by atoms with Crippen LogP contribution in [0.1, 0.15) is 37.2 Å². The van der Waals surface area contributed by atoms with Crippen LogP contribution in [-0.4, -0.2) is 44.1 Å². The molecule has 0 aliphatic heterocycles. The minimum atomic E-state index is -0.398. The highest BCUT2D eigenvalue weighted by atomic mass is 16.6. The van der Waals surface area contributed by atoms with Gasteiger partial charge in [0.2, 0.25) is 0 Å². The molecule has 25 heavy (non-hydrogen) atoms. The molecule has 1 aliphatic carbocycles. The molecule has 7 nitrogen and oxygen atoms in total. The highest BCUT2D eigenvalue weighted by Gasteiger charge is 2.27. The maximum absolute atomic E-state index is 11.0. The van der Waals surface area contributed by atoms with Crippen LogP contribution < -0.4 is 0 Å². The zero-order valence-electron chi connectivity index (χ0n) is 14.6. The molecule has 1 saturated carbocycles. The number of aliphatic hydroxyl groups excluding tert-OH is 1. The summed E-state index contributed by atoms with van der Waals surface area (Å²) >= 11 is 0. The van der Waals surface area contributed by atoms with Gasteiger partial charge in [-0.3, -0.25) is 15.0 Å². The number of benzene rings is 1. The number of H-pyrrole nitrogens is 1. The lowest BCUT2D eigenvalue weighted by molar-refractivity contribution is -0.384. The SMILES string of the molecule is Cc1[nH]c(CN(C)[C@H]2CCCC[C@H]2O)nc1-c1cccc([N+](=O)[O-])c1. The molecule has 1 heterocycles. The first-order chi connectivity index (χ1) is 12.0. The summed E-state index contributed by atoms with van der Waals surface area (Å²) in [5, 5.41) is 21.2. The van der Waals surface area contributed by atoms with E-state index in [9.17, 15) is 15.2 Å². The first kappa shape index (κ1) is 17.6. The molecule has 1 aromatic heterocycles. The van der Waals surface area contributed by atoms with Gasteiger partial charge in [0.15, 0.2) is 0 Å². The van der Waals surface area contributed by atoms with Gasteiger partial charge in [-0.2, -0.15) is 0 Å². The average molecular weight is 344 g/mol. The van der Waals surface area contributed by atoms with Gasteiger partial charge in [0, 0.05) is 29.4 Å². The summed E-state index contributed by atoms with van der Waals surface area (Å²) in [7, 11) is 2.00. The summed E-state index contributed by atoms with van der Waals surface area (Å²) in [6.45, 7) is 2.53. The molecule has 1 aliphatic rings. The number of nitrogens with zero attached hydrogens (tertiary/aromatic N) is 3. The topological polar surface area (TPSA) is 95.3 Å². The standard InChI is InChI=1S/C18H24N4O3/c1-12-18(13-6-5-7-14(10-13)22(24)25)20-17(19-12)11-21(2)15-8-3-4-9-16(15)23/h5-7,10,15-16,23H,3-4,8-9,11H2,1-2H3,(H,19,20)/t15-,16+/m0/s1. The molecule has 7 heteroatoms. The number of non-ortho nitro benzene ring substituents is 1. The number of hydrogen-bond acceptors (Lipinski definition) is 5. The lowest BCUT2D eigenvalue weighted by atomic mass is 9.91. The molecule has 0 amide bonds. The normalized spacial score (nSPS) is 20.8. The van der Waals surface area contributed by atoms with Gasteiger partial charge in [-0.25, -0.2) is 4.98 Å². The third kappa shape index (κ3) is 3.88. The van der Waals surface area contributed by atoms with Crippen LogP contribution in [0.25, 0.3) is 11.3 Å². The van der Waals surface area contributed by atoms with E-state index in [1.165, 1.54) is 6.07 Å². The van der Waals surface area contributed by atoms with E-state index in [0.717, 1.165) is 48.5 Å². The Labute approximate surface area is 146 Å². The van der Waals surface area contributed by atoms with Gasteiger partial charge in [-0.05, 0) is 26.8 Å². The monoisotopic (exact) mass is 344 g/mol. The Morgan fingerprint density at radius 1 is 1.40 bits per heavy atom. The van der Waals surface area contributed by atoms with Crippen LogP contribution in [0, 0.1) is 17.0 Å². The van der Waals surface area contributed by atoms with E-state index in [1.54, 1.807) is 12.1 Å². The number of imidazole rings is 1. The summed E-state index contributed by atoms with van der Waals surface area (Å²) in [6, 6.07) is 6.67. The van der Waals surface area contributed by atoms with Gasteiger partial charge in [-0.1, -0.05) is 25.0 Å². The first-order valence-corrected chi connectivity index (χ1v) is 8.64. The van der Waals surface area contributed by atoms with Gasteiger partial charge < -0.3 is 10.1 Å². The second-order valence-electron chi connectivity index (χ2n) is 6.80. The molecule has 0 spiro atoms. The second kappa shape index (κ2) is 7.33. The number of likely N-dealkylation sites (N-methyl/N-ethyl adjacent to an activating group) is 1. The van der Waals surface area contributed by atoms with E-state index in [-0.39, 0.29) is 17.8 Å². The Balaban J connectivity index is 1.78. The van der Waals surface area contributed by atoms with Crippen molar-refractivity contribution in [3.8, 4) is 11.3 Å². The minimum Gasteiger partial charge on any atom is -0.391 e. The molecular weight excluding hydrogens is 320 g/mol. The highest BCUT2D eigenvalue weighted by molar-refractivity contribution is 5.64. The molecule has 0 bridgehead atoms. The van der Waals surface area contributed by atoms with E-state index in [1.807, 2.05) is 20.0 Å². The Kier molecular flexibility index (Phi) is 5.15. The molecule has 134 valence electrons. The Bertz CT molecular complexity index is 759. The highest BCUT2D eigenvalue weighted by Crippen LogP contribution is 2.27. The van der Waals surface area contributed by atoms with Crippen molar-refractivity contribution in [3.63, 3.8) is 0 Å². The quantitative estimate of drug-likeness (QED) is 0.642. The number of aryl methyl sites for hydroxylation is 1. The summed E-state index contributed by atoms with van der Waals surface area (Å²) < 4.78 is 0. The Morgan fingerprint density at radius 3 is 2.88 bits per heavy atom. The van der Waals surface area contributed by atoms with Crippen LogP contribution in [-0.2, 0) is 6.54 Å². The summed E-state index contributed by atoms with van der Waals surface area (Å²) in [5.41, 5.74) is 2.41. The predicted molar refractivity (Wildman–Crippen MR) is 95.1 cm³/mol. The van der Waals surface area contributed by atoms with Crippen molar-refractivity contribution in [3.05, 3.63) is 45.9 Å². The summed E-state index contributed by atoms with van der Waals surface area (Å²) in [5.74, 6) is 0.805. The van der Waals surface area contributed by atoms with E-state index in [4.69, 9.17) is 0 Å². The van der Waals surface area contributed by atoms with Gasteiger partial charge in [0.05, 0.1) is 23.3 Å². The van der Waals surface area contributed by atoms with Gasteiger partial charge in [-0.15, -0.1) is 0 Å². The number of aliphatic hydroxyl groups is 1. The number of aromatic nitrogens is 2. The van der Waals surface area contributed by atoms with Crippen molar-refractivity contribution in [2.75, 3.05) is 7.05 Å². The van der Waals surface area contributed by atoms with Gasteiger partial charge in [0.1, 0.15) is 5.82 Å². The molecule has 2 atom stereocenters. The van der Waals surface area contributed by atoms with Gasteiger partial charge in [0.25, 0.3) is 5.69 Å². The van der Waals surface area contributed by atoms with Crippen molar-refractivity contribution in [1.29, 1.82) is 0 Å². The number of hydrogen-bond donors (Lipinski definition) is 2. The van der Waals surface area contributed by atoms with E-state index < -0.39 is 4.92 Å². The molecule has 2 N–H and O–H groups in total. The van der Waals surface area contributed by atoms with Gasteiger partial charge >= 0.3 is 0 Å². The van der Waals surface area contributed by atoms with Crippen molar-refractivity contribution in [2.45, 2.75) is 51.3 Å². The molecule has 0 unspecified atom stereocenters. The Hall–Kier alpha value is -2.25. The van der Waals surface area contributed by atoms with Crippen LogP contribution in [0.15, 0.2) is 24.3 Å². The molecule has 0 saturated heterocycles. The fourth-order valence-electron chi connectivity index (χ4n) is 3.60. The number of nitro groups is 1. The fourth-order valence-corrected chi connectivity index (χ4v) is 3.60. The molecule has 1 aromatic carbocycles. The lowest BCUT2D eigenvalue weighted by Gasteiger charge is -2.34.